The molecule has 2 rings (SSSR count). The number of hydrogen-bond acceptors (Lipinski definition) is 4. The molecule has 0 aliphatic heterocycles. The van der Waals surface area contributed by atoms with Crippen LogP contribution in [0.5, 0.6) is 0 Å². The highest BCUT2D eigenvalue weighted by atomic mass is 32.1. The number of nitrogens with one attached hydrogen (secondary N) is 1. The predicted octanol–water partition coefficient (Wildman–Crippen LogP) is 3.80. The summed E-state index contributed by atoms with van der Waals surface area (Å²) in [6.45, 7) is 6.64. The van der Waals surface area contributed by atoms with Gasteiger partial charge in [-0.3, -0.25) is 0 Å². The summed E-state index contributed by atoms with van der Waals surface area (Å²) >= 11 is 1.56. The molecule has 0 saturated heterocycles. The van der Waals surface area contributed by atoms with Gasteiger partial charge in [0.2, 0.25) is 5.13 Å². The highest BCUT2D eigenvalue weighted by Gasteiger charge is 2.06. The molecule has 5 heteroatoms. The lowest BCUT2D eigenvalue weighted by molar-refractivity contribution is 0.616. The molecule has 0 unspecified atom stereocenters. The molecule has 0 spiro atoms. The molecular weight excluding hydrogens is 261 g/mol. The second-order valence-electron chi connectivity index (χ2n) is 5.04. The number of nitrogens with zero attached hydrogens (tertiary/aromatic N) is 2. The fourth-order valence-electron chi connectivity index (χ4n) is 1.68. The predicted molar refractivity (Wildman–Crippen MR) is 76.9 cm³/mol. The Hall–Kier alpha value is -1.49. The van der Waals surface area contributed by atoms with E-state index < -0.39 is 0 Å². The van der Waals surface area contributed by atoms with Crippen molar-refractivity contribution in [3.05, 3.63) is 40.2 Å². The standard InChI is InChI=1S/C14H18FN3S/c1-9(2)6-13-17-18-14(19-13)16-8-11-5-4-10(3)12(15)7-11/h4-5,7,9H,6,8H2,1-3H3,(H,16,18). The van der Waals surface area contributed by atoms with Crippen molar-refractivity contribution in [1.29, 1.82) is 0 Å². The van der Waals surface area contributed by atoms with Crippen molar-refractivity contribution >= 4 is 16.5 Å². The van der Waals surface area contributed by atoms with Crippen LogP contribution in [0.2, 0.25) is 0 Å². The minimum absolute atomic E-state index is 0.169. The Bertz CT molecular complexity index is 551. The number of hydrogen-bond donors (Lipinski definition) is 1. The first-order valence-electron chi connectivity index (χ1n) is 6.36. The first kappa shape index (κ1) is 13.9. The zero-order chi connectivity index (χ0) is 13.8. The Morgan fingerprint density at radius 2 is 2.11 bits per heavy atom. The quantitative estimate of drug-likeness (QED) is 0.904. The van der Waals surface area contributed by atoms with Gasteiger partial charge < -0.3 is 5.32 Å². The summed E-state index contributed by atoms with van der Waals surface area (Å²) in [5.74, 6) is 0.407. The first-order valence-corrected chi connectivity index (χ1v) is 7.17. The Labute approximate surface area is 116 Å². The van der Waals surface area contributed by atoms with Gasteiger partial charge in [0, 0.05) is 13.0 Å². The molecule has 0 atom stereocenters. The number of anilines is 1. The van der Waals surface area contributed by atoms with E-state index in [-0.39, 0.29) is 5.82 Å². The van der Waals surface area contributed by atoms with Crippen molar-refractivity contribution in [3.63, 3.8) is 0 Å². The molecule has 0 aliphatic carbocycles. The summed E-state index contributed by atoms with van der Waals surface area (Å²) in [6.07, 6.45) is 0.943. The molecule has 1 aromatic carbocycles. The van der Waals surface area contributed by atoms with Gasteiger partial charge in [-0.05, 0) is 30.0 Å². The van der Waals surface area contributed by atoms with E-state index >= 15 is 0 Å². The lowest BCUT2D eigenvalue weighted by Crippen LogP contribution is -1.99. The van der Waals surface area contributed by atoms with Gasteiger partial charge in [0.05, 0.1) is 0 Å². The van der Waals surface area contributed by atoms with Gasteiger partial charge in [0.15, 0.2) is 0 Å². The third-order valence-corrected chi connectivity index (χ3v) is 3.63. The maximum atomic E-state index is 13.4. The van der Waals surface area contributed by atoms with Crippen LogP contribution in [0, 0.1) is 18.7 Å². The molecule has 3 nitrogen and oxygen atoms in total. The minimum Gasteiger partial charge on any atom is -0.356 e. The van der Waals surface area contributed by atoms with E-state index in [1.807, 2.05) is 6.07 Å². The zero-order valence-corrected chi connectivity index (χ0v) is 12.2. The molecule has 0 radical (unpaired) electrons. The average Bonchev–Trinajstić information content (AvgIpc) is 2.77. The Morgan fingerprint density at radius 3 is 2.79 bits per heavy atom. The van der Waals surface area contributed by atoms with Gasteiger partial charge in [-0.25, -0.2) is 4.39 Å². The zero-order valence-electron chi connectivity index (χ0n) is 11.4. The van der Waals surface area contributed by atoms with Crippen LogP contribution in [-0.4, -0.2) is 10.2 Å². The molecular formula is C14H18FN3S. The topological polar surface area (TPSA) is 37.8 Å². The molecule has 102 valence electrons. The largest absolute Gasteiger partial charge is 0.356 e. The van der Waals surface area contributed by atoms with E-state index in [2.05, 4.69) is 29.4 Å². The second kappa shape index (κ2) is 6.10. The van der Waals surface area contributed by atoms with Gasteiger partial charge in [0.1, 0.15) is 10.8 Å². The molecule has 1 heterocycles. The summed E-state index contributed by atoms with van der Waals surface area (Å²) < 4.78 is 13.4. The van der Waals surface area contributed by atoms with Gasteiger partial charge in [0.25, 0.3) is 0 Å². The summed E-state index contributed by atoms with van der Waals surface area (Å²) in [6, 6.07) is 5.26. The number of rotatable bonds is 5. The van der Waals surface area contributed by atoms with Gasteiger partial charge in [-0.15, -0.1) is 10.2 Å². The fraction of sp³-hybridized carbons (Fsp3) is 0.429. The summed E-state index contributed by atoms with van der Waals surface area (Å²) in [5.41, 5.74) is 1.57. The van der Waals surface area contributed by atoms with E-state index in [0.29, 0.717) is 18.0 Å². The summed E-state index contributed by atoms with van der Waals surface area (Å²) in [4.78, 5) is 0. The van der Waals surface area contributed by atoms with Crippen LogP contribution in [0.3, 0.4) is 0 Å². The Balaban J connectivity index is 1.94. The molecule has 0 fully saturated rings. The maximum Gasteiger partial charge on any atom is 0.205 e. The Kier molecular flexibility index (Phi) is 4.47. The third kappa shape index (κ3) is 3.99. The lowest BCUT2D eigenvalue weighted by Gasteiger charge is -2.04. The number of halogens is 1. The summed E-state index contributed by atoms with van der Waals surface area (Å²) in [5, 5.41) is 13.2. The van der Waals surface area contributed by atoms with Gasteiger partial charge >= 0.3 is 0 Å². The monoisotopic (exact) mass is 279 g/mol. The van der Waals surface area contributed by atoms with Crippen molar-refractivity contribution in [3.8, 4) is 0 Å². The van der Waals surface area contributed by atoms with Crippen molar-refractivity contribution in [1.82, 2.24) is 10.2 Å². The molecule has 0 amide bonds. The van der Waals surface area contributed by atoms with E-state index in [0.717, 1.165) is 22.1 Å². The highest BCUT2D eigenvalue weighted by Crippen LogP contribution is 2.19. The van der Waals surface area contributed by atoms with E-state index in [1.54, 1.807) is 30.4 Å². The smallest absolute Gasteiger partial charge is 0.205 e. The third-order valence-electron chi connectivity index (χ3n) is 2.73. The van der Waals surface area contributed by atoms with E-state index in [4.69, 9.17) is 0 Å². The van der Waals surface area contributed by atoms with Crippen LogP contribution < -0.4 is 5.32 Å². The van der Waals surface area contributed by atoms with Crippen molar-refractivity contribution in [2.75, 3.05) is 5.32 Å². The SMILES string of the molecule is Cc1ccc(CNc2nnc(CC(C)C)s2)cc1F. The fourth-order valence-corrected chi connectivity index (χ4v) is 2.63. The van der Waals surface area contributed by atoms with Crippen LogP contribution in [0.1, 0.15) is 30.0 Å². The van der Waals surface area contributed by atoms with E-state index in [1.165, 1.54) is 0 Å². The number of aryl methyl sites for hydroxylation is 1. The van der Waals surface area contributed by atoms with Gasteiger partial charge in [-0.1, -0.05) is 37.3 Å². The number of benzene rings is 1. The average molecular weight is 279 g/mol. The van der Waals surface area contributed by atoms with Crippen LogP contribution in [0.4, 0.5) is 9.52 Å². The molecule has 0 aliphatic rings. The van der Waals surface area contributed by atoms with Gasteiger partial charge in [-0.2, -0.15) is 0 Å². The molecule has 1 N–H and O–H groups in total. The second-order valence-corrected chi connectivity index (χ2v) is 6.10. The van der Waals surface area contributed by atoms with Crippen LogP contribution in [0.15, 0.2) is 18.2 Å². The first-order chi connectivity index (χ1) is 9.04. The van der Waals surface area contributed by atoms with Crippen molar-refractivity contribution in [2.24, 2.45) is 5.92 Å². The maximum absolute atomic E-state index is 13.4. The normalized spacial score (nSPS) is 11.0. The molecule has 19 heavy (non-hydrogen) atoms. The number of aromatic nitrogens is 2. The minimum atomic E-state index is -0.169. The van der Waals surface area contributed by atoms with Crippen LogP contribution >= 0.6 is 11.3 Å². The van der Waals surface area contributed by atoms with Crippen molar-refractivity contribution < 1.29 is 4.39 Å². The molecule has 0 saturated carbocycles. The van der Waals surface area contributed by atoms with Crippen molar-refractivity contribution in [2.45, 2.75) is 33.7 Å². The molecule has 2 aromatic rings. The Morgan fingerprint density at radius 1 is 1.32 bits per heavy atom. The van der Waals surface area contributed by atoms with E-state index in [9.17, 15) is 4.39 Å². The lowest BCUT2D eigenvalue weighted by atomic mass is 10.1. The molecule has 0 bridgehead atoms. The molecule has 1 aromatic heterocycles. The van der Waals surface area contributed by atoms with Crippen LogP contribution in [0.25, 0.3) is 0 Å². The highest BCUT2D eigenvalue weighted by molar-refractivity contribution is 7.15. The summed E-state index contributed by atoms with van der Waals surface area (Å²) in [7, 11) is 0. The van der Waals surface area contributed by atoms with Crippen LogP contribution in [-0.2, 0) is 13.0 Å².